The first-order valence-electron chi connectivity index (χ1n) is 9.09. The molecule has 148 valence electrons. The molecule has 1 heterocycles. The van der Waals surface area contributed by atoms with Crippen molar-refractivity contribution in [3.05, 3.63) is 30.0 Å². The van der Waals surface area contributed by atoms with Gasteiger partial charge in [-0.25, -0.2) is 4.79 Å². The van der Waals surface area contributed by atoms with Crippen LogP contribution >= 0.6 is 23.5 Å². The maximum absolute atomic E-state index is 12.9. The zero-order chi connectivity index (χ0) is 20.0. The van der Waals surface area contributed by atoms with Crippen molar-refractivity contribution in [3.8, 4) is 0 Å². The van der Waals surface area contributed by atoms with E-state index < -0.39 is 12.0 Å². The van der Waals surface area contributed by atoms with Gasteiger partial charge in [-0.1, -0.05) is 26.0 Å². The summed E-state index contributed by atoms with van der Waals surface area (Å²) in [5.74, 6) is -0.159. The lowest BCUT2D eigenvalue weighted by atomic mass is 10.1. The summed E-state index contributed by atoms with van der Waals surface area (Å²) in [6.45, 7) is 6.20. The van der Waals surface area contributed by atoms with Gasteiger partial charge in [-0.15, -0.1) is 11.8 Å². The molecule has 0 spiro atoms. The Bertz CT molecular complexity index is 789. The van der Waals surface area contributed by atoms with Crippen LogP contribution in [-0.2, 0) is 9.59 Å². The largest absolute Gasteiger partial charge is 0.480 e. The van der Waals surface area contributed by atoms with Crippen molar-refractivity contribution in [2.45, 2.75) is 49.8 Å². The Balaban J connectivity index is 2.20. The van der Waals surface area contributed by atoms with Crippen molar-refractivity contribution in [1.82, 2.24) is 10.3 Å². The van der Waals surface area contributed by atoms with Crippen molar-refractivity contribution in [1.29, 1.82) is 0 Å². The molecule has 0 saturated carbocycles. The number of aryl methyl sites for hydroxylation is 1. The summed E-state index contributed by atoms with van der Waals surface area (Å²) >= 11 is 3.09. The molecule has 0 radical (unpaired) electrons. The first-order valence-corrected chi connectivity index (χ1v) is 11.4. The van der Waals surface area contributed by atoms with Crippen LogP contribution in [0.15, 0.2) is 29.3 Å². The fraction of sp³-hybridized carbons (Fsp3) is 0.500. The number of hydrogen-bond donors (Lipinski definition) is 3. The molecule has 2 aromatic rings. The Labute approximate surface area is 169 Å². The van der Waals surface area contributed by atoms with E-state index in [2.05, 4.69) is 37.1 Å². The van der Waals surface area contributed by atoms with Gasteiger partial charge in [-0.05, 0) is 49.3 Å². The molecular weight excluding hydrogens is 380 g/mol. The van der Waals surface area contributed by atoms with Crippen molar-refractivity contribution >= 4 is 46.3 Å². The average molecular weight is 409 g/mol. The van der Waals surface area contributed by atoms with E-state index in [9.17, 15) is 14.7 Å². The van der Waals surface area contributed by atoms with Gasteiger partial charge in [-0.3, -0.25) is 4.79 Å². The van der Waals surface area contributed by atoms with E-state index in [1.54, 1.807) is 11.8 Å². The third kappa shape index (κ3) is 5.94. The minimum absolute atomic E-state index is 0.204. The van der Waals surface area contributed by atoms with Crippen LogP contribution in [0.2, 0.25) is 0 Å². The van der Waals surface area contributed by atoms with Gasteiger partial charge in [0, 0.05) is 22.0 Å². The minimum Gasteiger partial charge on any atom is -0.480 e. The highest BCUT2D eigenvalue weighted by molar-refractivity contribution is 8.00. The summed E-state index contributed by atoms with van der Waals surface area (Å²) < 4.78 is 0. The lowest BCUT2D eigenvalue weighted by molar-refractivity contribution is -0.141. The van der Waals surface area contributed by atoms with Crippen LogP contribution in [0.4, 0.5) is 0 Å². The first-order chi connectivity index (χ1) is 12.8. The predicted molar refractivity (Wildman–Crippen MR) is 115 cm³/mol. The number of H-pyrrole nitrogens is 1. The van der Waals surface area contributed by atoms with Crippen molar-refractivity contribution < 1.29 is 14.7 Å². The molecule has 0 fully saturated rings. The van der Waals surface area contributed by atoms with Crippen LogP contribution < -0.4 is 5.32 Å². The van der Waals surface area contributed by atoms with Gasteiger partial charge in [-0.2, -0.15) is 11.8 Å². The quantitative estimate of drug-likeness (QED) is 0.511. The van der Waals surface area contributed by atoms with Crippen molar-refractivity contribution in [3.63, 3.8) is 0 Å². The predicted octanol–water partition coefficient (Wildman–Crippen LogP) is 4.31. The molecule has 2 rings (SSSR count). The topological polar surface area (TPSA) is 82.2 Å². The van der Waals surface area contributed by atoms with E-state index in [0.717, 1.165) is 21.4 Å². The van der Waals surface area contributed by atoms with Crippen LogP contribution in [0.1, 0.15) is 32.3 Å². The van der Waals surface area contributed by atoms with Gasteiger partial charge in [0.15, 0.2) is 0 Å². The summed E-state index contributed by atoms with van der Waals surface area (Å²) in [5.41, 5.74) is 2.20. The van der Waals surface area contributed by atoms with Crippen LogP contribution in [0, 0.1) is 12.8 Å². The van der Waals surface area contributed by atoms with E-state index in [1.165, 1.54) is 11.8 Å². The third-order valence-electron chi connectivity index (χ3n) is 4.35. The van der Waals surface area contributed by atoms with Gasteiger partial charge in [0.25, 0.3) is 0 Å². The smallest absolute Gasteiger partial charge is 0.326 e. The van der Waals surface area contributed by atoms with Crippen LogP contribution in [0.3, 0.4) is 0 Å². The van der Waals surface area contributed by atoms with Crippen LogP contribution in [-0.4, -0.2) is 45.3 Å². The molecule has 1 aromatic carbocycles. The van der Waals surface area contributed by atoms with E-state index in [-0.39, 0.29) is 11.2 Å². The molecule has 1 amide bonds. The number of carbonyl (C=O) groups is 2. The van der Waals surface area contributed by atoms with Crippen LogP contribution in [0.25, 0.3) is 10.9 Å². The molecule has 0 unspecified atom stereocenters. The number of carboxylic acid groups (broad SMARTS) is 1. The van der Waals surface area contributed by atoms with E-state index in [1.807, 2.05) is 24.6 Å². The highest BCUT2D eigenvalue weighted by Gasteiger charge is 2.27. The number of carbonyl (C=O) groups excluding carboxylic acids is 1. The monoisotopic (exact) mass is 408 g/mol. The normalized spacial score (nSPS) is 13.7. The number of aromatic amines is 1. The maximum atomic E-state index is 12.9. The lowest BCUT2D eigenvalue weighted by Gasteiger charge is -2.21. The number of nitrogens with one attached hydrogen (secondary N) is 2. The second-order valence-electron chi connectivity index (χ2n) is 7.07. The molecule has 0 aliphatic heterocycles. The Kier molecular flexibility index (Phi) is 8.10. The zero-order valence-electron chi connectivity index (χ0n) is 16.2. The molecule has 3 N–H and O–H groups in total. The Morgan fingerprint density at radius 1 is 1.30 bits per heavy atom. The van der Waals surface area contributed by atoms with Crippen molar-refractivity contribution in [2.75, 3.05) is 12.0 Å². The summed E-state index contributed by atoms with van der Waals surface area (Å²) in [6, 6.07) is 5.24. The van der Waals surface area contributed by atoms with Crippen molar-refractivity contribution in [2.24, 2.45) is 5.92 Å². The summed E-state index contributed by atoms with van der Waals surface area (Å²) in [6.07, 6.45) is 4.97. The zero-order valence-corrected chi connectivity index (χ0v) is 17.9. The number of amides is 1. The van der Waals surface area contributed by atoms with Gasteiger partial charge in [0.1, 0.15) is 6.04 Å². The van der Waals surface area contributed by atoms with E-state index in [4.69, 9.17) is 0 Å². The van der Waals surface area contributed by atoms with Gasteiger partial charge >= 0.3 is 5.97 Å². The molecule has 0 saturated heterocycles. The second-order valence-corrected chi connectivity index (χ2v) is 9.30. The molecule has 0 aliphatic carbocycles. The number of carboxylic acids is 1. The molecule has 27 heavy (non-hydrogen) atoms. The second kappa shape index (κ2) is 10.1. The Hall–Kier alpha value is -1.60. The number of aromatic nitrogens is 1. The molecule has 0 bridgehead atoms. The number of rotatable bonds is 10. The lowest BCUT2D eigenvalue weighted by Crippen LogP contribution is -2.45. The van der Waals surface area contributed by atoms with E-state index >= 15 is 0 Å². The van der Waals surface area contributed by atoms with Gasteiger partial charge in [0.2, 0.25) is 5.91 Å². The fourth-order valence-electron chi connectivity index (χ4n) is 2.97. The average Bonchev–Trinajstić information content (AvgIpc) is 3.01. The third-order valence-corrected chi connectivity index (χ3v) is 6.26. The number of benzene rings is 1. The van der Waals surface area contributed by atoms with Crippen LogP contribution in [0.5, 0.6) is 0 Å². The molecule has 7 heteroatoms. The van der Waals surface area contributed by atoms with Gasteiger partial charge in [0.05, 0.1) is 5.25 Å². The molecule has 1 aromatic heterocycles. The molecule has 5 nitrogen and oxygen atoms in total. The number of aliphatic carboxylic acids is 1. The maximum Gasteiger partial charge on any atom is 0.326 e. The highest BCUT2D eigenvalue weighted by atomic mass is 32.2. The summed E-state index contributed by atoms with van der Waals surface area (Å²) in [4.78, 5) is 28.7. The fourth-order valence-corrected chi connectivity index (χ4v) is 4.92. The summed E-state index contributed by atoms with van der Waals surface area (Å²) in [5, 5.41) is 13.0. The number of hydrogen-bond acceptors (Lipinski definition) is 4. The Morgan fingerprint density at radius 2 is 2.04 bits per heavy atom. The van der Waals surface area contributed by atoms with Gasteiger partial charge < -0.3 is 15.4 Å². The molecular formula is C20H28N2O3S2. The number of thioether (sulfide) groups is 2. The minimum atomic E-state index is -0.978. The first kappa shape index (κ1) is 21.7. The molecule has 2 atom stereocenters. The highest BCUT2D eigenvalue weighted by Crippen LogP contribution is 2.35. The molecule has 0 aliphatic rings. The number of fused-ring (bicyclic) bond motifs is 1. The SMILES string of the molecule is CSCC[C@H](NC(=O)[C@@H](CC(C)C)Sc1c[nH]c2cccc(C)c12)C(=O)O. The summed E-state index contributed by atoms with van der Waals surface area (Å²) in [7, 11) is 0. The van der Waals surface area contributed by atoms with E-state index in [0.29, 0.717) is 24.5 Å². The Morgan fingerprint density at radius 3 is 2.67 bits per heavy atom. The standard InChI is InChI=1S/C20H28N2O3S2/c1-12(2)10-16(19(23)22-15(20(24)25)8-9-26-4)27-17-11-21-14-7-5-6-13(3)18(14)17/h5-7,11-12,15-16,21H,8-10H2,1-4H3,(H,22,23)(H,24,25)/t15-,16+/m0/s1.